The van der Waals surface area contributed by atoms with Crippen molar-refractivity contribution >= 4 is 35.3 Å². The summed E-state index contributed by atoms with van der Waals surface area (Å²) in [5.41, 5.74) is 3.62. The van der Waals surface area contributed by atoms with Crippen LogP contribution in [0.2, 0.25) is 0 Å². The van der Waals surface area contributed by atoms with Crippen molar-refractivity contribution in [1.29, 1.82) is 0 Å². The maximum atomic E-state index is 13.6. The monoisotopic (exact) mass is 712 g/mol. The van der Waals surface area contributed by atoms with Crippen molar-refractivity contribution in [2.45, 2.75) is 106 Å². The number of rotatable bonds is 12. The second kappa shape index (κ2) is 20.2. The molecule has 0 saturated heterocycles. The van der Waals surface area contributed by atoms with E-state index in [-0.39, 0.29) is 17.9 Å². The Hall–Kier alpha value is -3.69. The average molecular weight is 713 g/mol. The fourth-order valence-electron chi connectivity index (χ4n) is 6.40. The van der Waals surface area contributed by atoms with Gasteiger partial charge in [-0.15, -0.1) is 23.5 Å². The number of pyridine rings is 2. The number of aryl methyl sites for hydroxylation is 1. The third-order valence-corrected chi connectivity index (χ3v) is 11.5. The molecule has 2 saturated carbocycles. The lowest BCUT2D eigenvalue weighted by atomic mass is 9.95. The predicted octanol–water partition coefficient (Wildman–Crippen LogP) is 9.66. The zero-order valence-electron chi connectivity index (χ0n) is 29.0. The molecule has 1 atom stereocenters. The summed E-state index contributed by atoms with van der Waals surface area (Å²) >= 11 is 3.17. The van der Waals surface area contributed by atoms with Gasteiger partial charge >= 0.3 is 0 Å². The Morgan fingerprint density at radius 2 is 1.32 bits per heavy atom. The molecule has 2 N–H and O–H groups in total. The number of benzene rings is 2. The molecule has 6 rings (SSSR count). The molecule has 264 valence electrons. The van der Waals surface area contributed by atoms with E-state index in [4.69, 9.17) is 0 Å². The van der Waals surface area contributed by atoms with Gasteiger partial charge in [0.2, 0.25) is 0 Å². The summed E-state index contributed by atoms with van der Waals surface area (Å²) in [6.45, 7) is 2.22. The molecular weight excluding hydrogens is 664 g/mol. The Morgan fingerprint density at radius 3 is 1.96 bits per heavy atom. The summed E-state index contributed by atoms with van der Waals surface area (Å²) in [5.74, 6) is 1.47. The van der Waals surface area contributed by atoms with Crippen molar-refractivity contribution in [3.05, 3.63) is 119 Å². The summed E-state index contributed by atoms with van der Waals surface area (Å²) < 4.78 is 13.6. The van der Waals surface area contributed by atoms with Crippen LogP contribution in [-0.2, 0) is 6.42 Å². The zero-order chi connectivity index (χ0) is 35.0. The second-order valence-corrected chi connectivity index (χ2v) is 15.3. The fourth-order valence-corrected chi connectivity index (χ4v) is 8.41. The van der Waals surface area contributed by atoms with E-state index in [0.717, 1.165) is 61.5 Å². The molecule has 2 aromatic carbocycles. The molecule has 0 bridgehead atoms. The average Bonchev–Trinajstić information content (AvgIpc) is 3.16. The number of nitrogens with one attached hydrogen (secondary N) is 2. The van der Waals surface area contributed by atoms with Gasteiger partial charge < -0.3 is 10.6 Å². The van der Waals surface area contributed by atoms with Crippen molar-refractivity contribution in [1.82, 2.24) is 20.6 Å². The number of halogens is 1. The summed E-state index contributed by atoms with van der Waals surface area (Å²) in [7, 11) is 0. The van der Waals surface area contributed by atoms with Crippen LogP contribution in [0, 0.1) is 5.82 Å². The Morgan fingerprint density at radius 1 is 0.740 bits per heavy atom. The molecule has 2 aromatic heterocycles. The molecule has 0 spiro atoms. The van der Waals surface area contributed by atoms with Crippen molar-refractivity contribution in [3.63, 3.8) is 0 Å². The number of nitrogens with zero attached hydrogens (tertiary/aromatic N) is 2. The number of amides is 2. The van der Waals surface area contributed by atoms with Gasteiger partial charge in [0.05, 0.1) is 17.3 Å². The lowest BCUT2D eigenvalue weighted by Gasteiger charge is -2.23. The highest BCUT2D eigenvalue weighted by molar-refractivity contribution is 7.99. The van der Waals surface area contributed by atoms with Crippen LogP contribution >= 0.6 is 23.5 Å². The number of carbonyl (C=O) groups is 2. The van der Waals surface area contributed by atoms with Crippen LogP contribution in [0.5, 0.6) is 0 Å². The number of thioether (sulfide) groups is 2. The largest absolute Gasteiger partial charge is 0.349 e. The van der Waals surface area contributed by atoms with Gasteiger partial charge in [-0.2, -0.15) is 0 Å². The van der Waals surface area contributed by atoms with Gasteiger partial charge in [-0.25, -0.2) is 14.4 Å². The van der Waals surface area contributed by atoms with Crippen LogP contribution in [-0.4, -0.2) is 45.4 Å². The normalized spacial score (nSPS) is 15.7. The fraction of sp³-hybridized carbons (Fsp3) is 0.415. The highest BCUT2D eigenvalue weighted by atomic mass is 32.2. The molecule has 2 aliphatic carbocycles. The highest BCUT2D eigenvalue weighted by Crippen LogP contribution is 2.28. The van der Waals surface area contributed by atoms with Gasteiger partial charge in [-0.3, -0.25) is 9.59 Å². The molecule has 0 radical (unpaired) electrons. The lowest BCUT2D eigenvalue weighted by molar-refractivity contribution is 0.0915. The van der Waals surface area contributed by atoms with Crippen LogP contribution in [0.15, 0.2) is 101 Å². The van der Waals surface area contributed by atoms with Crippen LogP contribution in [0.1, 0.15) is 109 Å². The van der Waals surface area contributed by atoms with Crippen molar-refractivity contribution in [3.8, 4) is 0 Å². The molecule has 0 aliphatic heterocycles. The maximum Gasteiger partial charge on any atom is 0.254 e. The number of aromatic nitrogens is 2. The zero-order valence-corrected chi connectivity index (χ0v) is 30.6. The van der Waals surface area contributed by atoms with E-state index in [2.05, 4.69) is 63.9 Å². The topological polar surface area (TPSA) is 84.0 Å². The van der Waals surface area contributed by atoms with Gasteiger partial charge in [-0.05, 0) is 67.3 Å². The third-order valence-electron chi connectivity index (χ3n) is 9.27. The molecule has 4 aromatic rings. The van der Waals surface area contributed by atoms with E-state index in [0.29, 0.717) is 28.1 Å². The summed E-state index contributed by atoms with van der Waals surface area (Å²) in [6.07, 6.45) is 15.3. The molecule has 1 unspecified atom stereocenters. The number of hydrogen-bond acceptors (Lipinski definition) is 6. The van der Waals surface area contributed by atoms with Crippen LogP contribution in [0.4, 0.5) is 4.39 Å². The van der Waals surface area contributed by atoms with Crippen molar-refractivity contribution in [2.75, 3.05) is 11.5 Å². The molecule has 2 fully saturated rings. The first-order chi connectivity index (χ1) is 24.5. The number of hydrogen-bond donors (Lipinski definition) is 2. The standard InChI is InChI=1S/C21H26N2OS.C20H23FN2OS/c1-16(17-9-4-2-5-10-17)15-25-21-19(13-8-14-22-21)20(24)23-18-11-6-3-7-12-18;21-16-13-18(19(24)23-17-9-5-2-6-10-17)20(22-14-16)25-12-11-15-7-3-1-4-8-15/h2,4-5,8-10,13-14,16,18H,3,6-7,11-12,15H2,1H3,(H,23,24);1,3-4,7-8,13-14,17H,2,5-6,9-12H2,(H,23,24). The van der Waals surface area contributed by atoms with E-state index in [9.17, 15) is 14.0 Å². The first-order valence-electron chi connectivity index (χ1n) is 18.0. The maximum absolute atomic E-state index is 13.6. The highest BCUT2D eigenvalue weighted by Gasteiger charge is 2.21. The molecule has 6 nitrogen and oxygen atoms in total. The van der Waals surface area contributed by atoms with Crippen molar-refractivity contribution in [2.24, 2.45) is 0 Å². The Labute approximate surface area is 305 Å². The summed E-state index contributed by atoms with van der Waals surface area (Å²) in [4.78, 5) is 33.9. The first-order valence-corrected chi connectivity index (χ1v) is 20.0. The minimum absolute atomic E-state index is 0.0230. The second-order valence-electron chi connectivity index (χ2n) is 13.2. The van der Waals surface area contributed by atoms with E-state index in [1.807, 2.05) is 36.4 Å². The van der Waals surface area contributed by atoms with Gasteiger partial charge in [0, 0.05) is 29.8 Å². The Bertz CT molecular complexity index is 1630. The minimum atomic E-state index is -0.471. The van der Waals surface area contributed by atoms with Gasteiger partial charge in [0.15, 0.2) is 0 Å². The van der Waals surface area contributed by atoms with E-state index >= 15 is 0 Å². The summed E-state index contributed by atoms with van der Waals surface area (Å²) in [6, 6.07) is 26.2. The van der Waals surface area contributed by atoms with Crippen LogP contribution in [0.3, 0.4) is 0 Å². The van der Waals surface area contributed by atoms with E-state index in [1.54, 1.807) is 18.0 Å². The van der Waals surface area contributed by atoms with Crippen LogP contribution < -0.4 is 10.6 Å². The van der Waals surface area contributed by atoms with Crippen molar-refractivity contribution < 1.29 is 14.0 Å². The molecule has 50 heavy (non-hydrogen) atoms. The predicted molar refractivity (Wildman–Crippen MR) is 204 cm³/mol. The quantitative estimate of drug-likeness (QED) is 0.142. The molecule has 2 aliphatic rings. The Balaban J connectivity index is 0.000000194. The third kappa shape index (κ3) is 12.0. The van der Waals surface area contributed by atoms with Gasteiger partial charge in [0.25, 0.3) is 11.8 Å². The molecular formula is C41H49FN4O2S2. The lowest BCUT2D eigenvalue weighted by Crippen LogP contribution is -2.36. The Kier molecular flexibility index (Phi) is 15.2. The van der Waals surface area contributed by atoms with Crippen LogP contribution in [0.25, 0.3) is 0 Å². The SMILES string of the molecule is CC(CSc1ncccc1C(=O)NC1CCCCC1)c1ccccc1.O=C(NC1CCCCC1)c1cc(F)cnc1SCCc1ccccc1. The van der Waals surface area contributed by atoms with E-state index < -0.39 is 5.82 Å². The first kappa shape index (κ1) is 37.6. The van der Waals surface area contributed by atoms with Gasteiger partial charge in [-0.1, -0.05) is 106 Å². The smallest absolute Gasteiger partial charge is 0.254 e. The minimum Gasteiger partial charge on any atom is -0.349 e. The molecule has 2 amide bonds. The van der Waals surface area contributed by atoms with E-state index in [1.165, 1.54) is 60.8 Å². The number of carbonyl (C=O) groups excluding carboxylic acids is 2. The van der Waals surface area contributed by atoms with Gasteiger partial charge in [0.1, 0.15) is 15.9 Å². The molecule has 2 heterocycles. The molecule has 9 heteroatoms. The summed E-state index contributed by atoms with van der Waals surface area (Å²) in [5, 5.41) is 7.69.